The molecular weight excluding hydrogens is 308 g/mol. The SMILES string of the molecule is C=C(C)C(=O)Oc1ccc(C(O)c2ccc(OC)cc2OC)cc1. The third kappa shape index (κ3) is 3.94. The fourth-order valence-electron chi connectivity index (χ4n) is 2.14. The van der Waals surface area contributed by atoms with Gasteiger partial charge in [0.15, 0.2) is 0 Å². The van der Waals surface area contributed by atoms with Crippen LogP contribution in [0.15, 0.2) is 54.6 Å². The van der Waals surface area contributed by atoms with Crippen molar-refractivity contribution >= 4 is 5.97 Å². The number of hydrogen-bond acceptors (Lipinski definition) is 5. The number of carbonyl (C=O) groups excluding carboxylic acids is 1. The number of benzene rings is 2. The van der Waals surface area contributed by atoms with Crippen LogP contribution in [0.5, 0.6) is 17.2 Å². The first kappa shape index (κ1) is 17.6. The Hall–Kier alpha value is -2.79. The number of hydrogen-bond donors (Lipinski definition) is 1. The van der Waals surface area contributed by atoms with E-state index in [1.807, 2.05) is 0 Å². The first-order chi connectivity index (χ1) is 11.5. The van der Waals surface area contributed by atoms with Gasteiger partial charge in [0.05, 0.1) is 14.2 Å². The van der Waals surface area contributed by atoms with Crippen LogP contribution in [0.2, 0.25) is 0 Å². The summed E-state index contributed by atoms with van der Waals surface area (Å²) in [6, 6.07) is 11.8. The van der Waals surface area contributed by atoms with Gasteiger partial charge in [-0.15, -0.1) is 0 Å². The van der Waals surface area contributed by atoms with Crippen molar-refractivity contribution in [2.24, 2.45) is 0 Å². The Labute approximate surface area is 141 Å². The van der Waals surface area contributed by atoms with Crippen LogP contribution in [0.1, 0.15) is 24.2 Å². The van der Waals surface area contributed by atoms with Crippen molar-refractivity contribution < 1.29 is 24.1 Å². The summed E-state index contributed by atoms with van der Waals surface area (Å²) in [5.74, 6) is 1.07. The standard InChI is InChI=1S/C19H20O5/c1-12(2)19(21)24-14-7-5-13(6-8-14)18(20)16-10-9-15(22-3)11-17(16)23-4/h5-11,18,20H,1H2,2-4H3. The zero-order valence-electron chi connectivity index (χ0n) is 13.9. The monoisotopic (exact) mass is 328 g/mol. The lowest BCUT2D eigenvalue weighted by atomic mass is 10.0. The molecule has 126 valence electrons. The summed E-state index contributed by atoms with van der Waals surface area (Å²) in [6.45, 7) is 5.11. The highest BCUT2D eigenvalue weighted by Crippen LogP contribution is 2.33. The van der Waals surface area contributed by atoms with Crippen molar-refractivity contribution in [3.05, 3.63) is 65.7 Å². The quantitative estimate of drug-likeness (QED) is 0.501. The number of aliphatic hydroxyl groups excluding tert-OH is 1. The molecule has 0 aliphatic heterocycles. The maximum absolute atomic E-state index is 11.5. The first-order valence-electron chi connectivity index (χ1n) is 7.34. The summed E-state index contributed by atoms with van der Waals surface area (Å²) in [7, 11) is 3.10. The lowest BCUT2D eigenvalue weighted by Crippen LogP contribution is -2.08. The first-order valence-corrected chi connectivity index (χ1v) is 7.34. The van der Waals surface area contributed by atoms with E-state index in [4.69, 9.17) is 14.2 Å². The van der Waals surface area contributed by atoms with Gasteiger partial charge in [-0.3, -0.25) is 0 Å². The van der Waals surface area contributed by atoms with Crippen LogP contribution in [0.25, 0.3) is 0 Å². The Kier molecular flexibility index (Phi) is 5.60. The number of methoxy groups -OCH3 is 2. The molecule has 1 unspecified atom stereocenters. The van der Waals surface area contributed by atoms with Gasteiger partial charge >= 0.3 is 5.97 Å². The maximum Gasteiger partial charge on any atom is 0.338 e. The van der Waals surface area contributed by atoms with Crippen LogP contribution in [0.4, 0.5) is 0 Å². The minimum Gasteiger partial charge on any atom is -0.497 e. The van der Waals surface area contributed by atoms with Crippen molar-refractivity contribution in [1.29, 1.82) is 0 Å². The molecule has 0 saturated heterocycles. The molecular formula is C19H20O5. The van der Waals surface area contributed by atoms with E-state index < -0.39 is 12.1 Å². The van der Waals surface area contributed by atoms with E-state index in [-0.39, 0.29) is 0 Å². The predicted molar refractivity (Wildman–Crippen MR) is 90.5 cm³/mol. The van der Waals surface area contributed by atoms with Gasteiger partial charge in [0, 0.05) is 17.2 Å². The normalized spacial score (nSPS) is 11.5. The summed E-state index contributed by atoms with van der Waals surface area (Å²) in [5, 5.41) is 10.6. The molecule has 24 heavy (non-hydrogen) atoms. The summed E-state index contributed by atoms with van der Waals surface area (Å²) >= 11 is 0. The average Bonchev–Trinajstić information content (AvgIpc) is 2.61. The summed E-state index contributed by atoms with van der Waals surface area (Å²) < 4.78 is 15.6. The molecule has 0 fully saturated rings. The van der Waals surface area contributed by atoms with Gasteiger partial charge in [0.25, 0.3) is 0 Å². The molecule has 1 atom stereocenters. The second-order valence-electron chi connectivity index (χ2n) is 5.25. The average molecular weight is 328 g/mol. The Morgan fingerprint density at radius 3 is 2.21 bits per heavy atom. The highest BCUT2D eigenvalue weighted by atomic mass is 16.5. The molecule has 2 aromatic carbocycles. The molecule has 2 rings (SSSR count). The van der Waals surface area contributed by atoms with Crippen LogP contribution in [-0.2, 0) is 4.79 Å². The maximum atomic E-state index is 11.5. The van der Waals surface area contributed by atoms with Crippen LogP contribution < -0.4 is 14.2 Å². The van der Waals surface area contributed by atoms with Crippen LogP contribution in [0.3, 0.4) is 0 Å². The second-order valence-corrected chi connectivity index (χ2v) is 5.25. The van der Waals surface area contributed by atoms with Crippen molar-refractivity contribution in [3.63, 3.8) is 0 Å². The van der Waals surface area contributed by atoms with E-state index in [1.54, 1.807) is 56.5 Å². The van der Waals surface area contributed by atoms with Crippen molar-refractivity contribution in [1.82, 2.24) is 0 Å². The van der Waals surface area contributed by atoms with Gasteiger partial charge in [-0.25, -0.2) is 4.79 Å². The molecule has 0 aromatic heterocycles. The van der Waals surface area contributed by atoms with E-state index in [0.29, 0.717) is 33.9 Å². The van der Waals surface area contributed by atoms with Crippen LogP contribution in [0, 0.1) is 0 Å². The van der Waals surface area contributed by atoms with Gasteiger partial charge in [-0.05, 0) is 36.8 Å². The zero-order chi connectivity index (χ0) is 17.7. The lowest BCUT2D eigenvalue weighted by molar-refractivity contribution is -0.130. The summed E-state index contributed by atoms with van der Waals surface area (Å²) in [5.41, 5.74) is 1.58. The largest absolute Gasteiger partial charge is 0.497 e. The van der Waals surface area contributed by atoms with Crippen molar-refractivity contribution in [3.8, 4) is 17.2 Å². The number of esters is 1. The molecule has 2 aromatic rings. The highest BCUT2D eigenvalue weighted by Gasteiger charge is 2.16. The highest BCUT2D eigenvalue weighted by molar-refractivity contribution is 5.88. The predicted octanol–water partition coefficient (Wildman–Crippen LogP) is 3.27. The molecule has 0 spiro atoms. The molecule has 0 bridgehead atoms. The minimum atomic E-state index is -0.878. The van der Waals surface area contributed by atoms with Gasteiger partial charge in [-0.1, -0.05) is 18.7 Å². The van der Waals surface area contributed by atoms with E-state index in [2.05, 4.69) is 6.58 Å². The molecule has 0 aliphatic rings. The molecule has 0 amide bonds. The molecule has 0 aliphatic carbocycles. The smallest absolute Gasteiger partial charge is 0.338 e. The molecule has 0 saturated carbocycles. The number of carbonyl (C=O) groups is 1. The van der Waals surface area contributed by atoms with Crippen LogP contribution >= 0.6 is 0 Å². The van der Waals surface area contributed by atoms with Crippen molar-refractivity contribution in [2.45, 2.75) is 13.0 Å². The van der Waals surface area contributed by atoms with E-state index in [9.17, 15) is 9.90 Å². The molecule has 5 nitrogen and oxygen atoms in total. The van der Waals surface area contributed by atoms with Crippen molar-refractivity contribution in [2.75, 3.05) is 14.2 Å². The third-order valence-electron chi connectivity index (χ3n) is 3.49. The summed E-state index contributed by atoms with van der Waals surface area (Å²) in [6.07, 6.45) is -0.878. The number of rotatable bonds is 6. The van der Waals surface area contributed by atoms with Gasteiger partial charge in [0.2, 0.25) is 0 Å². The number of ether oxygens (including phenoxy) is 3. The van der Waals surface area contributed by atoms with E-state index in [0.717, 1.165) is 0 Å². The fourth-order valence-corrected chi connectivity index (χ4v) is 2.14. The summed E-state index contributed by atoms with van der Waals surface area (Å²) in [4.78, 5) is 11.5. The zero-order valence-corrected chi connectivity index (χ0v) is 13.9. The minimum absolute atomic E-state index is 0.321. The Bertz CT molecular complexity index is 734. The third-order valence-corrected chi connectivity index (χ3v) is 3.49. The van der Waals surface area contributed by atoms with Gasteiger partial charge in [0.1, 0.15) is 23.4 Å². The second kappa shape index (κ2) is 7.66. The molecule has 0 heterocycles. The molecule has 1 N–H and O–H groups in total. The Balaban J connectivity index is 2.22. The lowest BCUT2D eigenvalue weighted by Gasteiger charge is -2.16. The van der Waals surface area contributed by atoms with E-state index >= 15 is 0 Å². The van der Waals surface area contributed by atoms with E-state index in [1.165, 1.54) is 7.11 Å². The topological polar surface area (TPSA) is 65.0 Å². The van der Waals surface area contributed by atoms with Gasteiger partial charge < -0.3 is 19.3 Å². The Morgan fingerprint density at radius 2 is 1.67 bits per heavy atom. The number of aliphatic hydroxyl groups is 1. The molecule has 5 heteroatoms. The Morgan fingerprint density at radius 1 is 1.04 bits per heavy atom. The van der Waals surface area contributed by atoms with Crippen LogP contribution in [-0.4, -0.2) is 25.3 Å². The van der Waals surface area contributed by atoms with Gasteiger partial charge in [-0.2, -0.15) is 0 Å². The fraction of sp³-hybridized carbons (Fsp3) is 0.211. The molecule has 0 radical (unpaired) electrons.